The van der Waals surface area contributed by atoms with Gasteiger partial charge in [0.05, 0.1) is 28.5 Å². The molecule has 1 aliphatic heterocycles. The van der Waals surface area contributed by atoms with Gasteiger partial charge in [0.15, 0.2) is 17.3 Å². The Morgan fingerprint density at radius 3 is 2.27 bits per heavy atom. The molecule has 3 aliphatic rings. The second-order valence-corrected chi connectivity index (χ2v) is 9.55. The smallest absolute Gasteiger partial charge is 0.194 e. The predicted molar refractivity (Wildman–Crippen MR) is 122 cm³/mol. The Morgan fingerprint density at radius 1 is 0.970 bits per heavy atom. The third kappa shape index (κ3) is 3.43. The first-order valence-corrected chi connectivity index (χ1v) is 11.3. The number of benzene rings is 2. The van der Waals surface area contributed by atoms with Gasteiger partial charge in [-0.15, -0.1) is 0 Å². The average molecular weight is 450 g/mol. The quantitative estimate of drug-likeness (QED) is 0.521. The molecule has 5 rings (SSSR count). The number of fused-ring (bicyclic) bond motifs is 1. The zero-order chi connectivity index (χ0) is 23.5. The van der Waals surface area contributed by atoms with Gasteiger partial charge in [-0.3, -0.25) is 9.59 Å². The molecule has 2 aromatic rings. The number of hydrogen-bond donors (Lipinski definition) is 4. The van der Waals surface area contributed by atoms with Crippen LogP contribution in [-0.4, -0.2) is 56.8 Å². The highest BCUT2D eigenvalue weighted by Gasteiger charge is 2.46. The van der Waals surface area contributed by atoms with Gasteiger partial charge in [0, 0.05) is 43.1 Å². The van der Waals surface area contributed by atoms with E-state index in [-0.39, 0.29) is 46.6 Å². The van der Waals surface area contributed by atoms with Crippen molar-refractivity contribution in [2.75, 3.05) is 18.0 Å². The summed E-state index contributed by atoms with van der Waals surface area (Å²) >= 11 is 0. The van der Waals surface area contributed by atoms with E-state index in [1.165, 1.54) is 18.6 Å². The zero-order valence-electron chi connectivity index (χ0n) is 18.4. The topological polar surface area (TPSA) is 118 Å². The highest BCUT2D eigenvalue weighted by molar-refractivity contribution is 6.29. The van der Waals surface area contributed by atoms with Crippen LogP contribution in [0.5, 0.6) is 11.5 Å². The first-order chi connectivity index (χ1) is 15.7. The minimum absolute atomic E-state index is 0.0948. The van der Waals surface area contributed by atoms with Crippen LogP contribution in [0.3, 0.4) is 0 Å². The first-order valence-electron chi connectivity index (χ1n) is 11.3. The number of Topliss-reactive ketones (excluding diaryl/α,β-unsaturated/α-hetero) is 2. The van der Waals surface area contributed by atoms with E-state index < -0.39 is 23.3 Å². The molecule has 0 unspecified atom stereocenters. The zero-order valence-corrected chi connectivity index (χ0v) is 18.4. The summed E-state index contributed by atoms with van der Waals surface area (Å²) in [5, 5.41) is 42.5. The largest absolute Gasteiger partial charge is 0.507 e. The van der Waals surface area contributed by atoms with Crippen molar-refractivity contribution in [2.24, 2.45) is 0 Å². The third-order valence-corrected chi connectivity index (χ3v) is 7.38. The summed E-state index contributed by atoms with van der Waals surface area (Å²) in [6.07, 6.45) is 0.131. The maximum Gasteiger partial charge on any atom is 0.194 e. The SMILES string of the molecule is C[C@]1(O)CC2=C(C[C@H]1O)C(=O)c1c(O)cc(N3CCC(c4ccccc4)CC3)c(O)c1C2=O. The van der Waals surface area contributed by atoms with E-state index in [0.717, 1.165) is 12.8 Å². The lowest BCUT2D eigenvalue weighted by Gasteiger charge is -2.38. The number of aliphatic hydroxyl groups excluding tert-OH is 1. The molecule has 0 bridgehead atoms. The van der Waals surface area contributed by atoms with Crippen molar-refractivity contribution in [2.45, 2.75) is 50.2 Å². The Hall–Kier alpha value is -3.16. The first kappa shape index (κ1) is 21.7. The van der Waals surface area contributed by atoms with E-state index in [4.69, 9.17) is 0 Å². The van der Waals surface area contributed by atoms with Crippen LogP contribution in [0.2, 0.25) is 0 Å². The fourth-order valence-corrected chi connectivity index (χ4v) is 5.38. The highest BCUT2D eigenvalue weighted by Crippen LogP contribution is 2.48. The number of phenols is 2. The van der Waals surface area contributed by atoms with Crippen molar-refractivity contribution in [3.63, 3.8) is 0 Å². The normalized spacial score (nSPS) is 25.8. The molecule has 1 saturated heterocycles. The van der Waals surface area contributed by atoms with E-state index in [1.807, 2.05) is 23.1 Å². The summed E-state index contributed by atoms with van der Waals surface area (Å²) in [4.78, 5) is 28.4. The molecule has 0 spiro atoms. The Morgan fingerprint density at radius 2 is 1.61 bits per heavy atom. The molecule has 0 saturated carbocycles. The molecule has 0 aromatic heterocycles. The van der Waals surface area contributed by atoms with Crippen LogP contribution in [0, 0.1) is 0 Å². The fraction of sp³-hybridized carbons (Fsp3) is 0.385. The number of anilines is 1. The predicted octanol–water partition coefficient (Wildman–Crippen LogP) is 3.06. The van der Waals surface area contributed by atoms with Crippen LogP contribution in [0.15, 0.2) is 47.5 Å². The molecule has 7 nitrogen and oxygen atoms in total. The van der Waals surface area contributed by atoms with Crippen LogP contribution in [0.25, 0.3) is 0 Å². The minimum atomic E-state index is -1.55. The van der Waals surface area contributed by atoms with Crippen LogP contribution in [0.4, 0.5) is 5.69 Å². The molecule has 0 amide bonds. The van der Waals surface area contributed by atoms with Gasteiger partial charge < -0.3 is 25.3 Å². The molecule has 0 radical (unpaired) electrons. The maximum absolute atomic E-state index is 13.3. The summed E-state index contributed by atoms with van der Waals surface area (Å²) in [5.74, 6) is -1.46. The van der Waals surface area contributed by atoms with Gasteiger partial charge in [-0.1, -0.05) is 30.3 Å². The number of ketones is 2. The monoisotopic (exact) mass is 449 g/mol. The van der Waals surface area contributed by atoms with Gasteiger partial charge in [-0.25, -0.2) is 0 Å². The van der Waals surface area contributed by atoms with Gasteiger partial charge in [-0.05, 0) is 31.2 Å². The summed E-state index contributed by atoms with van der Waals surface area (Å²) in [5.41, 5.74) is -0.220. The number of carbonyl (C=O) groups is 2. The fourth-order valence-electron chi connectivity index (χ4n) is 5.38. The number of aliphatic hydroxyl groups is 2. The number of piperidine rings is 1. The molecule has 2 aromatic carbocycles. The van der Waals surface area contributed by atoms with E-state index in [0.29, 0.717) is 24.7 Å². The highest BCUT2D eigenvalue weighted by atomic mass is 16.3. The summed E-state index contributed by atoms with van der Waals surface area (Å²) in [6.45, 7) is 2.67. The van der Waals surface area contributed by atoms with Gasteiger partial charge in [-0.2, -0.15) is 0 Å². The molecule has 1 fully saturated rings. The molecular weight excluding hydrogens is 422 g/mol. The van der Waals surface area contributed by atoms with Crippen LogP contribution in [-0.2, 0) is 0 Å². The van der Waals surface area contributed by atoms with Crippen molar-refractivity contribution in [3.05, 3.63) is 64.2 Å². The Balaban J connectivity index is 1.48. The van der Waals surface area contributed by atoms with E-state index in [2.05, 4.69) is 12.1 Å². The Bertz CT molecular complexity index is 1180. The van der Waals surface area contributed by atoms with E-state index in [1.54, 1.807) is 0 Å². The number of rotatable bonds is 2. The minimum Gasteiger partial charge on any atom is -0.507 e. The van der Waals surface area contributed by atoms with E-state index in [9.17, 15) is 30.0 Å². The number of carbonyl (C=O) groups excluding carboxylic acids is 2. The molecule has 2 atom stereocenters. The van der Waals surface area contributed by atoms with Crippen molar-refractivity contribution in [1.29, 1.82) is 0 Å². The third-order valence-electron chi connectivity index (χ3n) is 7.38. The summed E-state index contributed by atoms with van der Waals surface area (Å²) in [6, 6.07) is 11.6. The van der Waals surface area contributed by atoms with E-state index >= 15 is 0 Å². The summed E-state index contributed by atoms with van der Waals surface area (Å²) < 4.78 is 0. The number of hydrogen-bond acceptors (Lipinski definition) is 7. The van der Waals surface area contributed by atoms with Gasteiger partial charge in [0.2, 0.25) is 0 Å². The molecule has 33 heavy (non-hydrogen) atoms. The van der Waals surface area contributed by atoms with Crippen LogP contribution in [0.1, 0.15) is 64.8 Å². The van der Waals surface area contributed by atoms with Crippen molar-refractivity contribution >= 4 is 17.3 Å². The molecule has 172 valence electrons. The molecule has 7 heteroatoms. The van der Waals surface area contributed by atoms with Gasteiger partial charge >= 0.3 is 0 Å². The molecular formula is C26H27NO6. The molecule has 2 aliphatic carbocycles. The lowest BCUT2D eigenvalue weighted by molar-refractivity contribution is -0.0651. The lowest BCUT2D eigenvalue weighted by atomic mass is 9.71. The number of nitrogens with zero attached hydrogens (tertiary/aromatic N) is 1. The number of aromatic hydroxyl groups is 2. The average Bonchev–Trinajstić information content (AvgIpc) is 2.80. The standard InChI is InChI=1S/C26H27NO6/c1-26(33)13-17-16(11-20(26)29)23(30)21-19(28)12-18(25(32)22(21)24(17)31)27-9-7-15(8-10-27)14-5-3-2-4-6-14/h2-6,12,15,20,28-29,32-33H,7-11,13H2,1H3/t20-,26+/m1/s1. The second kappa shape index (κ2) is 7.71. The number of phenolic OH excluding ortho intramolecular Hbond substituents is 2. The Kier molecular flexibility index (Phi) is 5.06. The van der Waals surface area contributed by atoms with Gasteiger partial charge in [0.25, 0.3) is 0 Å². The second-order valence-electron chi connectivity index (χ2n) is 9.55. The van der Waals surface area contributed by atoms with Crippen LogP contribution < -0.4 is 4.90 Å². The molecule has 1 heterocycles. The maximum atomic E-state index is 13.3. The Labute approximate surface area is 191 Å². The van der Waals surface area contributed by atoms with Gasteiger partial charge in [0.1, 0.15) is 5.75 Å². The van der Waals surface area contributed by atoms with Crippen molar-refractivity contribution in [1.82, 2.24) is 0 Å². The van der Waals surface area contributed by atoms with Crippen LogP contribution >= 0.6 is 0 Å². The van der Waals surface area contributed by atoms with Crippen molar-refractivity contribution in [3.8, 4) is 11.5 Å². The molecule has 4 N–H and O–H groups in total. The lowest BCUT2D eigenvalue weighted by Crippen LogP contribution is -2.46. The summed E-state index contributed by atoms with van der Waals surface area (Å²) in [7, 11) is 0. The van der Waals surface area contributed by atoms with Crippen molar-refractivity contribution < 1.29 is 30.0 Å².